The topological polar surface area (TPSA) is 59.9 Å². The number of hydrogen-bond acceptors (Lipinski definition) is 4. The Bertz CT molecular complexity index is 402. The lowest BCUT2D eigenvalue weighted by Gasteiger charge is -2.04. The smallest absolute Gasteiger partial charge is 0.150 e. The van der Waals surface area contributed by atoms with Gasteiger partial charge in [0.05, 0.1) is 17.2 Å². The summed E-state index contributed by atoms with van der Waals surface area (Å²) in [5, 5.41) is 7.71. The number of nitrogens with zero attached hydrogens (tertiary/aromatic N) is 2. The van der Waals surface area contributed by atoms with Crippen LogP contribution >= 0.6 is 0 Å². The molecule has 0 N–H and O–H groups in total. The molecule has 0 spiro atoms. The maximum atomic E-state index is 11.2. The Morgan fingerprint density at radius 2 is 2.36 bits per heavy atom. The zero-order valence-corrected chi connectivity index (χ0v) is 8.57. The fourth-order valence-electron chi connectivity index (χ4n) is 1.77. The standard InChI is InChI=1S/C9H12N2O2S/c12-14(13)5-3-8(7-14)6-9-2-1-4-10-11-9/h1-2,4,8H,3,5-7H2. The van der Waals surface area contributed by atoms with Crippen molar-refractivity contribution in [2.24, 2.45) is 5.92 Å². The Balaban J connectivity index is 2.01. The monoisotopic (exact) mass is 212 g/mol. The summed E-state index contributed by atoms with van der Waals surface area (Å²) in [5.74, 6) is 0.873. The molecule has 0 radical (unpaired) electrons. The molecule has 0 aliphatic carbocycles. The summed E-state index contributed by atoms with van der Waals surface area (Å²) in [6, 6.07) is 3.71. The molecule has 1 atom stereocenters. The van der Waals surface area contributed by atoms with E-state index >= 15 is 0 Å². The number of sulfone groups is 1. The lowest BCUT2D eigenvalue weighted by molar-refractivity contribution is 0.573. The Labute approximate surface area is 83.3 Å². The molecule has 5 heteroatoms. The molecule has 0 aromatic carbocycles. The van der Waals surface area contributed by atoms with Gasteiger partial charge in [-0.3, -0.25) is 0 Å². The van der Waals surface area contributed by atoms with Crippen molar-refractivity contribution in [2.45, 2.75) is 12.8 Å². The fraction of sp³-hybridized carbons (Fsp3) is 0.556. The second-order valence-electron chi connectivity index (χ2n) is 3.69. The van der Waals surface area contributed by atoms with Crippen LogP contribution in [0.25, 0.3) is 0 Å². The van der Waals surface area contributed by atoms with Crippen LogP contribution in [0.5, 0.6) is 0 Å². The molecule has 0 saturated carbocycles. The molecule has 1 aromatic heterocycles. The summed E-state index contributed by atoms with van der Waals surface area (Å²) in [7, 11) is -2.76. The molecule has 76 valence electrons. The van der Waals surface area contributed by atoms with Crippen LogP contribution in [0.1, 0.15) is 12.1 Å². The van der Waals surface area contributed by atoms with Crippen LogP contribution in [0.15, 0.2) is 18.3 Å². The minimum Gasteiger partial charge on any atom is -0.229 e. The van der Waals surface area contributed by atoms with Gasteiger partial charge < -0.3 is 0 Å². The molecule has 4 nitrogen and oxygen atoms in total. The average Bonchev–Trinajstić information content (AvgIpc) is 2.47. The molecular formula is C9H12N2O2S. The highest BCUT2D eigenvalue weighted by Crippen LogP contribution is 2.21. The van der Waals surface area contributed by atoms with Crippen LogP contribution < -0.4 is 0 Å². The molecule has 14 heavy (non-hydrogen) atoms. The van der Waals surface area contributed by atoms with Gasteiger partial charge in [0.25, 0.3) is 0 Å². The number of hydrogen-bond donors (Lipinski definition) is 0. The van der Waals surface area contributed by atoms with Crippen LogP contribution in [0.3, 0.4) is 0 Å². The Hall–Kier alpha value is -0.970. The maximum absolute atomic E-state index is 11.2. The van der Waals surface area contributed by atoms with Crippen LogP contribution in [0.4, 0.5) is 0 Å². The zero-order valence-electron chi connectivity index (χ0n) is 7.76. The van der Waals surface area contributed by atoms with Crippen molar-refractivity contribution >= 4 is 9.84 Å². The highest BCUT2D eigenvalue weighted by molar-refractivity contribution is 7.91. The van der Waals surface area contributed by atoms with Gasteiger partial charge in [0, 0.05) is 6.20 Å². The first-order valence-electron chi connectivity index (χ1n) is 4.63. The normalized spacial score (nSPS) is 25.0. The van der Waals surface area contributed by atoms with Crippen molar-refractivity contribution in [1.29, 1.82) is 0 Å². The van der Waals surface area contributed by atoms with Crippen molar-refractivity contribution in [1.82, 2.24) is 10.2 Å². The number of rotatable bonds is 2. The highest BCUT2D eigenvalue weighted by Gasteiger charge is 2.27. The van der Waals surface area contributed by atoms with Crippen LogP contribution in [-0.4, -0.2) is 30.1 Å². The third-order valence-corrected chi connectivity index (χ3v) is 4.29. The molecule has 1 aromatic rings. The molecule has 1 aliphatic rings. The minimum atomic E-state index is -2.76. The van der Waals surface area contributed by atoms with Gasteiger partial charge in [0.15, 0.2) is 9.84 Å². The minimum absolute atomic E-state index is 0.233. The van der Waals surface area contributed by atoms with E-state index < -0.39 is 9.84 Å². The van der Waals surface area contributed by atoms with Gasteiger partial charge in [-0.05, 0) is 30.9 Å². The van der Waals surface area contributed by atoms with E-state index in [0.717, 1.165) is 18.5 Å². The van der Waals surface area contributed by atoms with Crippen molar-refractivity contribution in [3.63, 3.8) is 0 Å². The van der Waals surface area contributed by atoms with Crippen molar-refractivity contribution in [3.05, 3.63) is 24.0 Å². The van der Waals surface area contributed by atoms with E-state index in [-0.39, 0.29) is 5.92 Å². The van der Waals surface area contributed by atoms with Gasteiger partial charge in [0.1, 0.15) is 0 Å². The summed E-state index contributed by atoms with van der Waals surface area (Å²) in [5.41, 5.74) is 0.884. The molecule has 1 unspecified atom stereocenters. The SMILES string of the molecule is O=S1(=O)CCC(Cc2cccnn2)C1. The predicted octanol–water partition coefficient (Wildman–Crippen LogP) is 0.454. The third-order valence-electron chi connectivity index (χ3n) is 2.45. The molecule has 1 aliphatic heterocycles. The molecule has 2 heterocycles. The van der Waals surface area contributed by atoms with E-state index in [4.69, 9.17) is 0 Å². The summed E-state index contributed by atoms with van der Waals surface area (Å²) < 4.78 is 22.4. The Morgan fingerprint density at radius 1 is 1.50 bits per heavy atom. The average molecular weight is 212 g/mol. The molecule has 1 fully saturated rings. The largest absolute Gasteiger partial charge is 0.229 e. The summed E-state index contributed by atoms with van der Waals surface area (Å²) in [6.45, 7) is 0. The first kappa shape index (κ1) is 9.58. The van der Waals surface area contributed by atoms with E-state index in [1.54, 1.807) is 6.20 Å². The molecule has 0 bridgehead atoms. The summed E-state index contributed by atoms with van der Waals surface area (Å²) >= 11 is 0. The van der Waals surface area contributed by atoms with Crippen LogP contribution in [0, 0.1) is 5.92 Å². The lowest BCUT2D eigenvalue weighted by atomic mass is 10.0. The van der Waals surface area contributed by atoms with E-state index in [1.165, 1.54) is 0 Å². The van der Waals surface area contributed by atoms with E-state index in [1.807, 2.05) is 12.1 Å². The molecule has 2 rings (SSSR count). The second-order valence-corrected chi connectivity index (χ2v) is 5.92. The summed E-state index contributed by atoms with van der Waals surface area (Å²) in [4.78, 5) is 0. The van der Waals surface area contributed by atoms with E-state index in [9.17, 15) is 8.42 Å². The quantitative estimate of drug-likeness (QED) is 0.714. The van der Waals surface area contributed by atoms with Gasteiger partial charge in [-0.15, -0.1) is 0 Å². The maximum Gasteiger partial charge on any atom is 0.150 e. The van der Waals surface area contributed by atoms with Crippen LogP contribution in [0.2, 0.25) is 0 Å². The molecular weight excluding hydrogens is 200 g/mol. The summed E-state index contributed by atoms with van der Waals surface area (Å²) in [6.07, 6.45) is 3.11. The third kappa shape index (κ3) is 2.29. The zero-order chi connectivity index (χ0) is 10.0. The van der Waals surface area contributed by atoms with Gasteiger partial charge in [0.2, 0.25) is 0 Å². The van der Waals surface area contributed by atoms with Crippen molar-refractivity contribution in [2.75, 3.05) is 11.5 Å². The number of aromatic nitrogens is 2. The van der Waals surface area contributed by atoms with Gasteiger partial charge in [-0.1, -0.05) is 0 Å². The predicted molar refractivity (Wildman–Crippen MR) is 52.5 cm³/mol. The lowest BCUT2D eigenvalue weighted by Crippen LogP contribution is -2.08. The second kappa shape index (κ2) is 3.65. The Kier molecular flexibility index (Phi) is 2.50. The highest BCUT2D eigenvalue weighted by atomic mass is 32.2. The van der Waals surface area contributed by atoms with Gasteiger partial charge in [-0.25, -0.2) is 8.42 Å². The molecule has 1 saturated heterocycles. The fourth-order valence-corrected chi connectivity index (χ4v) is 3.63. The van der Waals surface area contributed by atoms with Gasteiger partial charge in [-0.2, -0.15) is 10.2 Å². The van der Waals surface area contributed by atoms with Crippen molar-refractivity contribution < 1.29 is 8.42 Å². The van der Waals surface area contributed by atoms with Crippen LogP contribution in [-0.2, 0) is 16.3 Å². The first-order valence-corrected chi connectivity index (χ1v) is 6.45. The van der Waals surface area contributed by atoms with Gasteiger partial charge >= 0.3 is 0 Å². The van der Waals surface area contributed by atoms with E-state index in [2.05, 4.69) is 10.2 Å². The Morgan fingerprint density at radius 3 is 2.93 bits per heavy atom. The first-order chi connectivity index (χ1) is 6.66. The van der Waals surface area contributed by atoms with E-state index in [0.29, 0.717) is 11.5 Å². The molecule has 0 amide bonds. The van der Waals surface area contributed by atoms with Crippen molar-refractivity contribution in [3.8, 4) is 0 Å².